The zero-order chi connectivity index (χ0) is 27.2. The predicted octanol–water partition coefficient (Wildman–Crippen LogP) is 8.35. The fourth-order valence-electron chi connectivity index (χ4n) is 4.39. The molecule has 1 aromatic heterocycles. The van der Waals surface area contributed by atoms with Crippen LogP contribution in [-0.2, 0) is 4.79 Å². The van der Waals surface area contributed by atoms with E-state index in [1.54, 1.807) is 23.6 Å². The van der Waals surface area contributed by atoms with E-state index >= 15 is 4.39 Å². The van der Waals surface area contributed by atoms with E-state index in [-0.39, 0.29) is 37.6 Å². The van der Waals surface area contributed by atoms with E-state index in [1.807, 2.05) is 0 Å². The highest BCUT2D eigenvalue weighted by molar-refractivity contribution is 7.14. The maximum absolute atomic E-state index is 15.2. The third-order valence-corrected chi connectivity index (χ3v) is 7.89. The molecule has 0 spiro atoms. The minimum atomic E-state index is -1.11. The quantitative estimate of drug-likeness (QED) is 0.250. The van der Waals surface area contributed by atoms with Crippen LogP contribution < -0.4 is 10.1 Å². The van der Waals surface area contributed by atoms with Crippen LogP contribution in [0.4, 0.5) is 9.52 Å². The Labute approximate surface area is 234 Å². The summed E-state index contributed by atoms with van der Waals surface area (Å²) in [5, 5.41) is 13.9. The Morgan fingerprint density at radius 1 is 1.21 bits per heavy atom. The molecule has 0 aliphatic heterocycles. The van der Waals surface area contributed by atoms with E-state index in [9.17, 15) is 9.59 Å². The number of rotatable bonds is 9. The molecule has 0 unspecified atom stereocenters. The zero-order valence-electron chi connectivity index (χ0n) is 20.7. The molecule has 2 aromatic carbocycles. The highest BCUT2D eigenvalue weighted by atomic mass is 35.5. The van der Waals surface area contributed by atoms with Gasteiger partial charge in [0.25, 0.3) is 5.91 Å². The Balaban J connectivity index is 1.43. The number of nitrogens with one attached hydrogen (secondary N) is 1. The van der Waals surface area contributed by atoms with Gasteiger partial charge >= 0.3 is 5.97 Å². The third kappa shape index (κ3) is 6.92. The first-order valence-electron chi connectivity index (χ1n) is 12.3. The van der Waals surface area contributed by atoms with E-state index in [0.717, 1.165) is 17.8 Å². The number of carboxylic acids is 1. The smallest absolute Gasteiger partial charge is 0.331 e. The van der Waals surface area contributed by atoms with Gasteiger partial charge in [-0.1, -0.05) is 61.4 Å². The topological polar surface area (TPSA) is 88.5 Å². The van der Waals surface area contributed by atoms with Crippen molar-refractivity contribution >= 4 is 57.6 Å². The third-order valence-electron chi connectivity index (χ3n) is 6.51. The number of aliphatic carboxylic acids is 1. The lowest BCUT2D eigenvalue weighted by Crippen LogP contribution is -2.12. The van der Waals surface area contributed by atoms with E-state index in [2.05, 4.69) is 10.3 Å². The molecule has 1 aliphatic rings. The molecule has 0 saturated heterocycles. The molecule has 6 nitrogen and oxygen atoms in total. The SMILES string of the molecule is C/C(=C\c1c(Cl)cc(C(=O)Nc2nc(-c3cccc(OCCC4CCCCC4)c3F)cs2)cc1Cl)C(=O)O. The number of aromatic nitrogens is 1. The van der Waals surface area contributed by atoms with Crippen molar-refractivity contribution in [2.75, 3.05) is 11.9 Å². The van der Waals surface area contributed by atoms with Gasteiger partial charge in [0.05, 0.1) is 22.3 Å². The Morgan fingerprint density at radius 2 is 1.92 bits per heavy atom. The van der Waals surface area contributed by atoms with E-state index in [0.29, 0.717) is 23.8 Å². The molecule has 38 heavy (non-hydrogen) atoms. The van der Waals surface area contributed by atoms with Crippen LogP contribution >= 0.6 is 34.5 Å². The van der Waals surface area contributed by atoms with Gasteiger partial charge in [-0.2, -0.15) is 0 Å². The molecule has 200 valence electrons. The number of nitrogens with zero attached hydrogens (tertiary/aromatic N) is 1. The van der Waals surface area contributed by atoms with Gasteiger partial charge in [-0.05, 0) is 49.6 Å². The van der Waals surface area contributed by atoms with Gasteiger partial charge in [0.15, 0.2) is 16.7 Å². The van der Waals surface area contributed by atoms with Gasteiger partial charge in [-0.25, -0.2) is 14.2 Å². The monoisotopic (exact) mass is 576 g/mol. The summed E-state index contributed by atoms with van der Waals surface area (Å²) in [6.45, 7) is 1.89. The molecule has 1 amide bonds. The maximum Gasteiger partial charge on any atom is 0.331 e. The van der Waals surface area contributed by atoms with Crippen LogP contribution in [0.2, 0.25) is 10.0 Å². The van der Waals surface area contributed by atoms with Crippen molar-refractivity contribution in [1.82, 2.24) is 4.98 Å². The van der Waals surface area contributed by atoms with E-state index < -0.39 is 17.7 Å². The number of carboxylic acid groups (broad SMARTS) is 1. The van der Waals surface area contributed by atoms with Gasteiger partial charge < -0.3 is 9.84 Å². The van der Waals surface area contributed by atoms with Crippen molar-refractivity contribution in [1.29, 1.82) is 0 Å². The Kier molecular flexibility index (Phi) is 9.41. The minimum Gasteiger partial charge on any atom is -0.490 e. The summed E-state index contributed by atoms with van der Waals surface area (Å²) in [7, 11) is 0. The van der Waals surface area contributed by atoms with Crippen molar-refractivity contribution < 1.29 is 23.8 Å². The highest BCUT2D eigenvalue weighted by Gasteiger charge is 2.18. The molecule has 3 aromatic rings. The maximum atomic E-state index is 15.2. The number of thiazole rings is 1. The first-order valence-corrected chi connectivity index (χ1v) is 14.0. The second kappa shape index (κ2) is 12.7. The van der Waals surface area contributed by atoms with Crippen LogP contribution in [0.3, 0.4) is 0 Å². The number of anilines is 1. The highest BCUT2D eigenvalue weighted by Crippen LogP contribution is 2.33. The van der Waals surface area contributed by atoms with Gasteiger partial charge in [0.2, 0.25) is 0 Å². The molecule has 0 atom stereocenters. The number of benzene rings is 2. The van der Waals surface area contributed by atoms with Gasteiger partial charge in [-0.3, -0.25) is 10.1 Å². The number of carbonyl (C=O) groups excluding carboxylic acids is 1. The molecule has 1 heterocycles. The van der Waals surface area contributed by atoms with Gasteiger partial charge in [-0.15, -0.1) is 11.3 Å². The summed E-state index contributed by atoms with van der Waals surface area (Å²) in [6.07, 6.45) is 8.49. The lowest BCUT2D eigenvalue weighted by atomic mass is 9.87. The Morgan fingerprint density at radius 3 is 2.61 bits per heavy atom. The van der Waals surface area contributed by atoms with Crippen LogP contribution in [0, 0.1) is 11.7 Å². The standard InChI is InChI=1S/C28H27Cl2FN2O4S/c1-16(27(35)36)12-20-21(29)13-18(14-22(20)30)26(34)33-28-32-23(15-38-28)19-8-5-9-24(25(19)31)37-11-10-17-6-3-2-4-7-17/h5,8-9,12-15,17H,2-4,6-7,10-11H2,1H3,(H,35,36)(H,32,33,34)/b16-12+. The second-order valence-corrected chi connectivity index (χ2v) is 10.9. The van der Waals surface area contributed by atoms with E-state index in [4.69, 9.17) is 33.0 Å². The number of ether oxygens (including phenoxy) is 1. The van der Waals surface area contributed by atoms with E-state index in [1.165, 1.54) is 57.2 Å². The summed E-state index contributed by atoms with van der Waals surface area (Å²) >= 11 is 13.7. The number of amides is 1. The average Bonchev–Trinajstić information content (AvgIpc) is 3.35. The molecule has 1 aliphatic carbocycles. The molecule has 2 N–H and O–H groups in total. The first kappa shape index (κ1) is 28.1. The lowest BCUT2D eigenvalue weighted by molar-refractivity contribution is -0.132. The molecule has 4 rings (SSSR count). The second-order valence-electron chi connectivity index (χ2n) is 9.24. The normalized spacial score (nSPS) is 14.4. The summed E-state index contributed by atoms with van der Waals surface area (Å²) in [6, 6.07) is 7.74. The fraction of sp³-hybridized carbons (Fsp3) is 0.321. The molecule has 0 radical (unpaired) electrons. The average molecular weight is 578 g/mol. The van der Waals surface area contributed by atoms with Crippen LogP contribution in [0.15, 0.2) is 41.3 Å². The molecule has 10 heteroatoms. The summed E-state index contributed by atoms with van der Waals surface area (Å²) in [4.78, 5) is 28.3. The molecule has 1 saturated carbocycles. The van der Waals surface area contributed by atoms with Crippen LogP contribution in [0.1, 0.15) is 61.4 Å². The van der Waals surface area contributed by atoms with Crippen LogP contribution in [0.5, 0.6) is 5.75 Å². The summed E-state index contributed by atoms with van der Waals surface area (Å²) < 4.78 is 21.0. The first-order chi connectivity index (χ1) is 18.2. The van der Waals surface area contributed by atoms with Crippen molar-refractivity contribution in [3.63, 3.8) is 0 Å². The summed E-state index contributed by atoms with van der Waals surface area (Å²) in [5.74, 6) is -1.27. The molecular weight excluding hydrogens is 550 g/mol. The van der Waals surface area contributed by atoms with Crippen molar-refractivity contribution in [2.45, 2.75) is 45.4 Å². The zero-order valence-corrected chi connectivity index (χ0v) is 23.1. The van der Waals surface area contributed by atoms with Gasteiger partial charge in [0, 0.05) is 27.6 Å². The number of hydrogen-bond donors (Lipinski definition) is 2. The Hall–Kier alpha value is -2.94. The summed E-state index contributed by atoms with van der Waals surface area (Å²) in [5.41, 5.74) is 1.18. The van der Waals surface area contributed by atoms with Crippen molar-refractivity contribution in [3.8, 4) is 17.0 Å². The predicted molar refractivity (Wildman–Crippen MR) is 150 cm³/mol. The fourth-order valence-corrected chi connectivity index (χ4v) is 5.69. The number of carbonyl (C=O) groups is 2. The molecular formula is C28H27Cl2FN2O4S. The molecule has 1 fully saturated rings. The molecule has 0 bridgehead atoms. The Bertz CT molecular complexity index is 1350. The van der Waals surface area contributed by atoms with Crippen LogP contribution in [0.25, 0.3) is 17.3 Å². The minimum absolute atomic E-state index is 0.0484. The van der Waals surface area contributed by atoms with Crippen molar-refractivity contribution in [3.05, 3.63) is 68.3 Å². The number of hydrogen-bond acceptors (Lipinski definition) is 5. The largest absolute Gasteiger partial charge is 0.490 e. The van der Waals surface area contributed by atoms with Gasteiger partial charge in [0.1, 0.15) is 0 Å². The lowest BCUT2D eigenvalue weighted by Gasteiger charge is -2.21. The van der Waals surface area contributed by atoms with Crippen LogP contribution in [-0.4, -0.2) is 28.6 Å². The van der Waals surface area contributed by atoms with Crippen molar-refractivity contribution in [2.24, 2.45) is 5.92 Å². The number of halogens is 3.